The van der Waals surface area contributed by atoms with Gasteiger partial charge in [-0.3, -0.25) is 0 Å². The van der Waals surface area contributed by atoms with E-state index >= 15 is 0 Å². The Hall–Kier alpha value is -0.200. The Bertz CT molecular complexity index is 228. The van der Waals surface area contributed by atoms with Crippen molar-refractivity contribution in [2.45, 2.75) is 12.2 Å². The topological polar surface area (TPSA) is 55.4 Å². The molecule has 2 unspecified atom stereocenters. The van der Waals surface area contributed by atoms with Gasteiger partial charge < -0.3 is 4.74 Å². The predicted molar refractivity (Wildman–Crippen MR) is 37.5 cm³/mol. The van der Waals surface area contributed by atoms with Gasteiger partial charge in [-0.1, -0.05) is 0 Å². The first-order valence-corrected chi connectivity index (χ1v) is 5.07. The van der Waals surface area contributed by atoms with Crippen molar-refractivity contribution in [3.63, 3.8) is 0 Å². The molecular formula is C5H10FNO3S. The van der Waals surface area contributed by atoms with E-state index in [-0.39, 0.29) is 13.2 Å². The summed E-state index contributed by atoms with van der Waals surface area (Å²) in [7, 11) is -3.31. The van der Waals surface area contributed by atoms with E-state index in [1.54, 1.807) is 0 Å². The molecule has 0 aromatic heterocycles. The largest absolute Gasteiger partial charge is 0.377 e. The van der Waals surface area contributed by atoms with E-state index in [1.807, 2.05) is 0 Å². The van der Waals surface area contributed by atoms with Crippen molar-refractivity contribution in [3.8, 4) is 0 Å². The summed E-state index contributed by atoms with van der Waals surface area (Å²) in [5, 5.41) is 0. The van der Waals surface area contributed by atoms with Crippen LogP contribution in [0.3, 0.4) is 0 Å². The van der Waals surface area contributed by atoms with Crippen molar-refractivity contribution in [1.29, 1.82) is 0 Å². The first kappa shape index (κ1) is 8.89. The summed E-state index contributed by atoms with van der Waals surface area (Å²) in [5.41, 5.74) is 0. The zero-order valence-electron chi connectivity index (χ0n) is 6.08. The van der Waals surface area contributed by atoms with Gasteiger partial charge >= 0.3 is 0 Å². The minimum Gasteiger partial charge on any atom is -0.377 e. The van der Waals surface area contributed by atoms with Gasteiger partial charge in [0.25, 0.3) is 0 Å². The molecule has 11 heavy (non-hydrogen) atoms. The number of halogens is 1. The molecule has 0 aromatic rings. The van der Waals surface area contributed by atoms with E-state index in [0.29, 0.717) is 0 Å². The van der Waals surface area contributed by atoms with Gasteiger partial charge in [0.05, 0.1) is 25.5 Å². The van der Waals surface area contributed by atoms with Crippen molar-refractivity contribution in [3.05, 3.63) is 0 Å². The van der Waals surface area contributed by atoms with Crippen LogP contribution < -0.4 is 4.72 Å². The van der Waals surface area contributed by atoms with Crippen molar-refractivity contribution in [2.24, 2.45) is 0 Å². The van der Waals surface area contributed by atoms with E-state index in [9.17, 15) is 12.8 Å². The number of alkyl halides is 1. The molecule has 0 spiro atoms. The van der Waals surface area contributed by atoms with Gasteiger partial charge in [-0.25, -0.2) is 17.5 Å². The Morgan fingerprint density at radius 2 is 2.18 bits per heavy atom. The number of sulfonamides is 1. The van der Waals surface area contributed by atoms with Crippen LogP contribution in [0.4, 0.5) is 4.39 Å². The molecule has 1 heterocycles. The summed E-state index contributed by atoms with van der Waals surface area (Å²) in [5.74, 6) is 0. The Morgan fingerprint density at radius 3 is 2.55 bits per heavy atom. The lowest BCUT2D eigenvalue weighted by atomic mass is 10.2. The summed E-state index contributed by atoms with van der Waals surface area (Å²) in [4.78, 5) is 0. The van der Waals surface area contributed by atoms with Gasteiger partial charge in [0.1, 0.15) is 6.17 Å². The molecule has 1 fully saturated rings. The molecule has 0 radical (unpaired) electrons. The van der Waals surface area contributed by atoms with Crippen LogP contribution in [0.15, 0.2) is 0 Å². The fourth-order valence-electron chi connectivity index (χ4n) is 0.911. The van der Waals surface area contributed by atoms with Gasteiger partial charge in [-0.2, -0.15) is 0 Å². The third-order valence-corrected chi connectivity index (χ3v) is 2.11. The molecule has 6 heteroatoms. The molecule has 1 saturated heterocycles. The maximum atomic E-state index is 12.7. The summed E-state index contributed by atoms with van der Waals surface area (Å²) in [6.45, 7) is 0.0986. The van der Waals surface area contributed by atoms with Crippen LogP contribution >= 0.6 is 0 Å². The number of hydrogen-bond donors (Lipinski definition) is 1. The lowest BCUT2D eigenvalue weighted by molar-refractivity contribution is 0.173. The zero-order chi connectivity index (χ0) is 8.48. The molecular weight excluding hydrogens is 173 g/mol. The number of rotatable bonds is 2. The Labute approximate surface area is 64.8 Å². The smallest absolute Gasteiger partial charge is 0.209 e. The fraction of sp³-hybridized carbons (Fsp3) is 1.00. The monoisotopic (exact) mass is 183 g/mol. The molecule has 0 amide bonds. The molecule has 0 bridgehead atoms. The second-order valence-corrected chi connectivity index (χ2v) is 4.33. The third kappa shape index (κ3) is 2.72. The predicted octanol–water partition coefficient (Wildman–Crippen LogP) is -0.727. The van der Waals surface area contributed by atoms with E-state index in [2.05, 4.69) is 4.72 Å². The Kier molecular flexibility index (Phi) is 2.46. The van der Waals surface area contributed by atoms with Gasteiger partial charge in [-0.05, 0) is 0 Å². The highest BCUT2D eigenvalue weighted by Crippen LogP contribution is 2.09. The van der Waals surface area contributed by atoms with Gasteiger partial charge in [0.15, 0.2) is 0 Å². The molecule has 1 N–H and O–H groups in total. The highest BCUT2D eigenvalue weighted by Gasteiger charge is 2.29. The van der Waals surface area contributed by atoms with Gasteiger partial charge in [0, 0.05) is 0 Å². The Morgan fingerprint density at radius 1 is 1.55 bits per heavy atom. The van der Waals surface area contributed by atoms with E-state index in [1.165, 1.54) is 0 Å². The van der Waals surface area contributed by atoms with Crippen LogP contribution in [0.2, 0.25) is 0 Å². The second kappa shape index (κ2) is 3.04. The normalized spacial score (nSPS) is 32.5. The molecule has 66 valence electrons. The molecule has 2 atom stereocenters. The quantitative estimate of drug-likeness (QED) is 0.614. The molecule has 0 aliphatic carbocycles. The number of ether oxygens (including phenoxy) is 1. The van der Waals surface area contributed by atoms with Crippen molar-refractivity contribution < 1.29 is 17.5 Å². The second-order valence-electron chi connectivity index (χ2n) is 2.55. The third-order valence-electron chi connectivity index (χ3n) is 1.38. The highest BCUT2D eigenvalue weighted by atomic mass is 32.2. The summed E-state index contributed by atoms with van der Waals surface area (Å²) < 4.78 is 40.7. The van der Waals surface area contributed by atoms with Gasteiger partial charge in [-0.15, -0.1) is 0 Å². The van der Waals surface area contributed by atoms with E-state index in [0.717, 1.165) is 6.26 Å². The average molecular weight is 183 g/mol. The van der Waals surface area contributed by atoms with Crippen LogP contribution in [-0.4, -0.2) is 40.1 Å². The highest BCUT2D eigenvalue weighted by molar-refractivity contribution is 7.88. The van der Waals surface area contributed by atoms with Crippen LogP contribution in [0.25, 0.3) is 0 Å². The number of hydrogen-bond acceptors (Lipinski definition) is 3. The lowest BCUT2D eigenvalue weighted by Crippen LogP contribution is -2.40. The van der Waals surface area contributed by atoms with Crippen LogP contribution in [-0.2, 0) is 14.8 Å². The minimum atomic E-state index is -3.31. The van der Waals surface area contributed by atoms with Gasteiger partial charge in [0.2, 0.25) is 10.0 Å². The van der Waals surface area contributed by atoms with Crippen LogP contribution in [0.1, 0.15) is 0 Å². The van der Waals surface area contributed by atoms with Crippen molar-refractivity contribution in [1.82, 2.24) is 4.72 Å². The summed E-state index contributed by atoms with van der Waals surface area (Å²) in [6, 6.07) is -0.704. The first-order chi connectivity index (χ1) is 4.99. The standard InChI is InChI=1S/C5H10FNO3S/c1-11(8,9)7-5-3-10-2-4(5)6/h4-5,7H,2-3H2,1H3. The zero-order valence-corrected chi connectivity index (χ0v) is 6.90. The lowest BCUT2D eigenvalue weighted by Gasteiger charge is -2.09. The van der Waals surface area contributed by atoms with Crippen molar-refractivity contribution >= 4 is 10.0 Å². The molecule has 4 nitrogen and oxygen atoms in total. The molecule has 1 rings (SSSR count). The summed E-state index contributed by atoms with van der Waals surface area (Å²) in [6.07, 6.45) is -0.220. The maximum Gasteiger partial charge on any atom is 0.209 e. The summed E-state index contributed by atoms with van der Waals surface area (Å²) >= 11 is 0. The SMILES string of the molecule is CS(=O)(=O)NC1COCC1F. The first-order valence-electron chi connectivity index (χ1n) is 3.18. The average Bonchev–Trinajstić information content (AvgIpc) is 2.12. The minimum absolute atomic E-state index is 0.0206. The van der Waals surface area contributed by atoms with Crippen molar-refractivity contribution in [2.75, 3.05) is 19.5 Å². The molecule has 0 saturated carbocycles. The van der Waals surface area contributed by atoms with E-state index < -0.39 is 22.2 Å². The van der Waals surface area contributed by atoms with Crippen LogP contribution in [0.5, 0.6) is 0 Å². The van der Waals surface area contributed by atoms with E-state index in [4.69, 9.17) is 4.74 Å². The fourth-order valence-corrected chi connectivity index (χ4v) is 1.68. The Balaban J connectivity index is 2.50. The molecule has 1 aliphatic rings. The molecule has 0 aromatic carbocycles. The number of nitrogens with one attached hydrogen (secondary N) is 1. The molecule has 1 aliphatic heterocycles. The maximum absolute atomic E-state index is 12.7. The van der Waals surface area contributed by atoms with Crippen LogP contribution in [0, 0.1) is 0 Å².